The topological polar surface area (TPSA) is 45.7 Å². The van der Waals surface area contributed by atoms with Crippen LogP contribution < -0.4 is 10.6 Å². The number of aryl methyl sites for hydroxylation is 1. The standard InChI is InChI=1S/C16H27N3O.HI/c1-4-17-16(18-11-5-13-20-3)19-12-10-15-8-6-14(2)7-9-15;/h6-9H,4-5,10-13H2,1-3H3,(H2,17,18,19);1H. The molecule has 0 amide bonds. The zero-order valence-corrected chi connectivity index (χ0v) is 15.6. The number of hydrogen-bond acceptors (Lipinski definition) is 2. The summed E-state index contributed by atoms with van der Waals surface area (Å²) in [6.45, 7) is 7.49. The fourth-order valence-corrected chi connectivity index (χ4v) is 1.82. The Bertz CT molecular complexity index is 393. The summed E-state index contributed by atoms with van der Waals surface area (Å²) in [6.07, 6.45) is 1.95. The molecule has 0 heterocycles. The number of aliphatic imine (C=N–C) groups is 1. The Kier molecular flexibility index (Phi) is 12.4. The molecule has 0 saturated heterocycles. The number of guanidine groups is 1. The van der Waals surface area contributed by atoms with Crippen molar-refractivity contribution < 1.29 is 4.74 Å². The van der Waals surface area contributed by atoms with E-state index in [1.807, 2.05) is 0 Å². The normalized spacial score (nSPS) is 10.9. The predicted octanol–water partition coefficient (Wildman–Crippen LogP) is 2.75. The largest absolute Gasteiger partial charge is 0.385 e. The van der Waals surface area contributed by atoms with Crippen molar-refractivity contribution in [3.05, 3.63) is 35.4 Å². The third kappa shape index (κ3) is 9.68. The Morgan fingerprint density at radius 2 is 1.90 bits per heavy atom. The first-order chi connectivity index (χ1) is 9.76. The van der Waals surface area contributed by atoms with Gasteiger partial charge in [-0.05, 0) is 32.3 Å². The molecule has 0 radical (unpaired) electrons. The van der Waals surface area contributed by atoms with Gasteiger partial charge in [0.05, 0.1) is 0 Å². The van der Waals surface area contributed by atoms with E-state index in [0.29, 0.717) is 0 Å². The summed E-state index contributed by atoms with van der Waals surface area (Å²) in [5, 5.41) is 6.61. The highest BCUT2D eigenvalue weighted by atomic mass is 127. The van der Waals surface area contributed by atoms with Crippen LogP contribution in [-0.2, 0) is 11.2 Å². The van der Waals surface area contributed by atoms with E-state index < -0.39 is 0 Å². The first-order valence-corrected chi connectivity index (χ1v) is 7.33. The monoisotopic (exact) mass is 405 g/mol. The van der Waals surface area contributed by atoms with Gasteiger partial charge in [-0.2, -0.15) is 0 Å². The summed E-state index contributed by atoms with van der Waals surface area (Å²) in [6, 6.07) is 8.66. The molecule has 0 bridgehead atoms. The van der Waals surface area contributed by atoms with E-state index in [-0.39, 0.29) is 24.0 Å². The molecule has 1 aromatic carbocycles. The van der Waals surface area contributed by atoms with Crippen molar-refractivity contribution in [1.29, 1.82) is 0 Å². The summed E-state index contributed by atoms with van der Waals surface area (Å²) in [7, 11) is 1.72. The van der Waals surface area contributed by atoms with E-state index >= 15 is 0 Å². The first-order valence-electron chi connectivity index (χ1n) is 7.33. The van der Waals surface area contributed by atoms with E-state index in [0.717, 1.165) is 45.0 Å². The van der Waals surface area contributed by atoms with Crippen LogP contribution in [0.1, 0.15) is 24.5 Å². The van der Waals surface area contributed by atoms with E-state index in [1.165, 1.54) is 11.1 Å². The zero-order valence-electron chi connectivity index (χ0n) is 13.3. The second-order valence-corrected chi connectivity index (χ2v) is 4.77. The fourth-order valence-electron chi connectivity index (χ4n) is 1.82. The second kappa shape index (κ2) is 12.9. The summed E-state index contributed by atoms with van der Waals surface area (Å²) in [5.41, 5.74) is 2.65. The summed E-state index contributed by atoms with van der Waals surface area (Å²) < 4.78 is 5.02. The highest BCUT2D eigenvalue weighted by Gasteiger charge is 1.97. The van der Waals surface area contributed by atoms with Gasteiger partial charge < -0.3 is 15.4 Å². The Morgan fingerprint density at radius 3 is 2.52 bits per heavy atom. The molecule has 1 aromatic rings. The molecule has 0 spiro atoms. The first kappa shape index (κ1) is 20.2. The third-order valence-corrected chi connectivity index (χ3v) is 2.95. The quantitative estimate of drug-likeness (QED) is 0.303. The van der Waals surface area contributed by atoms with Crippen molar-refractivity contribution in [1.82, 2.24) is 10.6 Å². The van der Waals surface area contributed by atoms with Crippen molar-refractivity contribution in [3.63, 3.8) is 0 Å². The maximum atomic E-state index is 5.02. The summed E-state index contributed by atoms with van der Waals surface area (Å²) in [5.74, 6) is 0.885. The van der Waals surface area contributed by atoms with Crippen LogP contribution in [0.2, 0.25) is 0 Å². The lowest BCUT2D eigenvalue weighted by molar-refractivity contribution is 0.197. The molecule has 2 N–H and O–H groups in total. The lowest BCUT2D eigenvalue weighted by atomic mass is 10.1. The maximum Gasteiger partial charge on any atom is 0.191 e. The van der Waals surface area contributed by atoms with Crippen LogP contribution in [0.25, 0.3) is 0 Å². The van der Waals surface area contributed by atoms with Crippen LogP contribution in [0.4, 0.5) is 0 Å². The minimum absolute atomic E-state index is 0. The molecule has 0 aromatic heterocycles. The van der Waals surface area contributed by atoms with Gasteiger partial charge in [-0.3, -0.25) is 4.99 Å². The molecule has 0 unspecified atom stereocenters. The molecule has 1 rings (SSSR count). The average Bonchev–Trinajstić information content (AvgIpc) is 2.45. The molecule has 4 nitrogen and oxygen atoms in total. The molecule has 5 heteroatoms. The number of benzene rings is 1. The van der Waals surface area contributed by atoms with Gasteiger partial charge in [0.25, 0.3) is 0 Å². The molecule has 0 saturated carbocycles. The van der Waals surface area contributed by atoms with Crippen LogP contribution in [0.3, 0.4) is 0 Å². The van der Waals surface area contributed by atoms with E-state index in [2.05, 4.69) is 53.7 Å². The van der Waals surface area contributed by atoms with E-state index in [9.17, 15) is 0 Å². The lowest BCUT2D eigenvalue weighted by Gasteiger charge is -2.11. The van der Waals surface area contributed by atoms with Crippen LogP contribution in [-0.4, -0.2) is 39.3 Å². The molecule has 120 valence electrons. The zero-order chi connectivity index (χ0) is 14.6. The van der Waals surface area contributed by atoms with Gasteiger partial charge in [0, 0.05) is 33.4 Å². The number of nitrogens with zero attached hydrogens (tertiary/aromatic N) is 1. The van der Waals surface area contributed by atoms with E-state index in [1.54, 1.807) is 7.11 Å². The Hall–Kier alpha value is -0.820. The number of ether oxygens (including phenoxy) is 1. The van der Waals surface area contributed by atoms with Crippen LogP contribution in [0, 0.1) is 6.92 Å². The van der Waals surface area contributed by atoms with E-state index in [4.69, 9.17) is 4.74 Å². The van der Waals surface area contributed by atoms with Gasteiger partial charge in [0.1, 0.15) is 0 Å². The highest BCUT2D eigenvalue weighted by Crippen LogP contribution is 2.02. The lowest BCUT2D eigenvalue weighted by Crippen LogP contribution is -2.38. The maximum absolute atomic E-state index is 5.02. The Morgan fingerprint density at radius 1 is 1.19 bits per heavy atom. The van der Waals surface area contributed by atoms with Gasteiger partial charge in [-0.15, -0.1) is 24.0 Å². The van der Waals surface area contributed by atoms with Gasteiger partial charge in [-0.25, -0.2) is 0 Å². The summed E-state index contributed by atoms with van der Waals surface area (Å²) in [4.78, 5) is 4.51. The van der Waals surface area contributed by atoms with Crippen molar-refractivity contribution in [2.45, 2.75) is 26.7 Å². The minimum atomic E-state index is 0. The van der Waals surface area contributed by atoms with Crippen LogP contribution in [0.5, 0.6) is 0 Å². The number of rotatable bonds is 8. The smallest absolute Gasteiger partial charge is 0.191 e. The molecule has 0 fully saturated rings. The van der Waals surface area contributed by atoms with Crippen molar-refractivity contribution in [2.75, 3.05) is 33.4 Å². The molecule has 0 aliphatic heterocycles. The second-order valence-electron chi connectivity index (χ2n) is 4.77. The molecule has 0 aliphatic rings. The van der Waals surface area contributed by atoms with Crippen LogP contribution >= 0.6 is 24.0 Å². The fraction of sp³-hybridized carbons (Fsp3) is 0.562. The third-order valence-electron chi connectivity index (χ3n) is 2.95. The van der Waals surface area contributed by atoms with Gasteiger partial charge >= 0.3 is 0 Å². The minimum Gasteiger partial charge on any atom is -0.385 e. The molecular formula is C16H28IN3O. The Labute approximate surface area is 145 Å². The number of methoxy groups -OCH3 is 1. The summed E-state index contributed by atoms with van der Waals surface area (Å²) >= 11 is 0. The average molecular weight is 405 g/mol. The van der Waals surface area contributed by atoms with Gasteiger partial charge in [0.15, 0.2) is 5.96 Å². The predicted molar refractivity (Wildman–Crippen MR) is 101 cm³/mol. The van der Waals surface area contributed by atoms with Crippen molar-refractivity contribution >= 4 is 29.9 Å². The number of hydrogen-bond donors (Lipinski definition) is 2. The Balaban J connectivity index is 0.00000400. The number of nitrogens with one attached hydrogen (secondary N) is 2. The van der Waals surface area contributed by atoms with Gasteiger partial charge in [0.2, 0.25) is 0 Å². The number of halogens is 1. The molecule has 21 heavy (non-hydrogen) atoms. The molecular weight excluding hydrogens is 377 g/mol. The van der Waals surface area contributed by atoms with Crippen molar-refractivity contribution in [3.8, 4) is 0 Å². The molecule has 0 atom stereocenters. The highest BCUT2D eigenvalue weighted by molar-refractivity contribution is 14.0. The molecule has 0 aliphatic carbocycles. The van der Waals surface area contributed by atoms with Crippen molar-refractivity contribution in [2.24, 2.45) is 4.99 Å². The SMILES string of the molecule is CCNC(=NCCCOC)NCCc1ccc(C)cc1.I. The van der Waals surface area contributed by atoms with Crippen LogP contribution in [0.15, 0.2) is 29.3 Å². The van der Waals surface area contributed by atoms with Gasteiger partial charge in [-0.1, -0.05) is 29.8 Å².